The minimum Gasteiger partial charge on any atom is -0.497 e. The highest BCUT2D eigenvalue weighted by molar-refractivity contribution is 5.79. The molecule has 0 unspecified atom stereocenters. The average Bonchev–Trinajstić information content (AvgIpc) is 3.20. The first-order valence-electron chi connectivity index (χ1n) is 11.1. The van der Waals surface area contributed by atoms with E-state index < -0.39 is 0 Å². The van der Waals surface area contributed by atoms with Crippen LogP contribution < -0.4 is 4.74 Å². The molecule has 0 bridgehead atoms. The van der Waals surface area contributed by atoms with E-state index >= 15 is 0 Å². The number of likely N-dealkylation sites (tertiary alicyclic amines) is 1. The second kappa shape index (κ2) is 9.66. The summed E-state index contributed by atoms with van der Waals surface area (Å²) in [6, 6.07) is 21.3. The minimum atomic E-state index is -0.263. The predicted molar refractivity (Wildman–Crippen MR) is 126 cm³/mol. The normalized spacial score (nSPS) is 18.5. The van der Waals surface area contributed by atoms with Crippen LogP contribution in [0.2, 0.25) is 0 Å². The maximum absolute atomic E-state index is 13.4. The van der Waals surface area contributed by atoms with Crippen molar-refractivity contribution >= 4 is 5.57 Å². The topological polar surface area (TPSA) is 12.5 Å². The Balaban J connectivity index is 1.47. The lowest BCUT2D eigenvalue weighted by Gasteiger charge is -2.25. The fraction of sp³-hybridized carbons (Fsp3) is 0.286. The van der Waals surface area contributed by atoms with Gasteiger partial charge in [-0.2, -0.15) is 0 Å². The van der Waals surface area contributed by atoms with Crippen LogP contribution in [0, 0.1) is 11.6 Å². The van der Waals surface area contributed by atoms with Crippen LogP contribution in [0.5, 0.6) is 5.75 Å². The Kier molecular flexibility index (Phi) is 6.71. The summed E-state index contributed by atoms with van der Waals surface area (Å²) >= 11 is 0. The Morgan fingerprint density at radius 3 is 2.19 bits per heavy atom. The molecule has 3 aromatic carbocycles. The zero-order valence-electron chi connectivity index (χ0n) is 18.7. The molecular formula is C28H29F2NO. The average molecular weight is 434 g/mol. The number of methoxy groups -OCH3 is 1. The predicted octanol–water partition coefficient (Wildman–Crippen LogP) is 6.46. The third kappa shape index (κ3) is 5.08. The van der Waals surface area contributed by atoms with Crippen molar-refractivity contribution in [3.63, 3.8) is 0 Å². The second-order valence-electron chi connectivity index (χ2n) is 8.74. The SMILES string of the molecule is COc1cccc([C@@]2(C)CCN(CCC=C(c3ccc(F)cc3)c3ccc(F)cc3)C2)c1. The van der Waals surface area contributed by atoms with Gasteiger partial charge >= 0.3 is 0 Å². The van der Waals surface area contributed by atoms with Crippen LogP contribution in [0.25, 0.3) is 5.57 Å². The molecule has 0 N–H and O–H groups in total. The number of hydrogen-bond acceptors (Lipinski definition) is 2. The largest absolute Gasteiger partial charge is 0.497 e. The summed E-state index contributed by atoms with van der Waals surface area (Å²) in [5, 5.41) is 0. The molecule has 1 heterocycles. The van der Waals surface area contributed by atoms with Crippen molar-refractivity contribution < 1.29 is 13.5 Å². The van der Waals surface area contributed by atoms with Crippen molar-refractivity contribution in [1.29, 1.82) is 0 Å². The molecule has 1 aliphatic rings. The van der Waals surface area contributed by atoms with Gasteiger partial charge in [0, 0.05) is 18.5 Å². The molecule has 0 aliphatic carbocycles. The van der Waals surface area contributed by atoms with Crippen molar-refractivity contribution in [3.05, 3.63) is 107 Å². The summed E-state index contributed by atoms with van der Waals surface area (Å²) in [5.41, 5.74) is 4.28. The zero-order valence-corrected chi connectivity index (χ0v) is 18.7. The maximum atomic E-state index is 13.4. The van der Waals surface area contributed by atoms with E-state index in [2.05, 4.69) is 36.1 Å². The molecule has 2 nitrogen and oxygen atoms in total. The molecule has 0 amide bonds. The Morgan fingerprint density at radius 2 is 1.59 bits per heavy atom. The Bertz CT molecular complexity index is 1030. The number of hydrogen-bond donors (Lipinski definition) is 0. The fourth-order valence-corrected chi connectivity index (χ4v) is 4.53. The highest BCUT2D eigenvalue weighted by Gasteiger charge is 2.35. The van der Waals surface area contributed by atoms with Gasteiger partial charge in [-0.1, -0.05) is 49.4 Å². The molecule has 0 saturated carbocycles. The van der Waals surface area contributed by atoms with E-state index in [0.717, 1.165) is 54.9 Å². The first kappa shape index (κ1) is 22.2. The lowest BCUT2D eigenvalue weighted by molar-refractivity contribution is 0.322. The Labute approximate surface area is 189 Å². The molecule has 0 aromatic heterocycles. The molecule has 1 atom stereocenters. The number of ether oxygens (including phenoxy) is 1. The first-order chi connectivity index (χ1) is 15.5. The van der Waals surface area contributed by atoms with Crippen molar-refractivity contribution in [2.75, 3.05) is 26.7 Å². The van der Waals surface area contributed by atoms with Crippen LogP contribution in [0.15, 0.2) is 78.9 Å². The van der Waals surface area contributed by atoms with Crippen LogP contribution in [-0.4, -0.2) is 31.6 Å². The molecule has 166 valence electrons. The van der Waals surface area contributed by atoms with Gasteiger partial charge in [0.15, 0.2) is 0 Å². The molecule has 1 saturated heterocycles. The number of halogens is 2. The van der Waals surface area contributed by atoms with E-state index in [0.29, 0.717) is 0 Å². The monoisotopic (exact) mass is 433 g/mol. The fourth-order valence-electron chi connectivity index (χ4n) is 4.53. The third-order valence-electron chi connectivity index (χ3n) is 6.42. The summed E-state index contributed by atoms with van der Waals surface area (Å²) in [6.07, 6.45) is 4.15. The highest BCUT2D eigenvalue weighted by atomic mass is 19.1. The number of rotatable bonds is 7. The molecule has 4 heteroatoms. The van der Waals surface area contributed by atoms with Crippen LogP contribution in [0.4, 0.5) is 8.78 Å². The summed E-state index contributed by atoms with van der Waals surface area (Å²) in [6.45, 7) is 5.30. The molecule has 0 radical (unpaired) electrons. The van der Waals surface area contributed by atoms with E-state index in [1.54, 1.807) is 31.4 Å². The first-order valence-corrected chi connectivity index (χ1v) is 11.1. The van der Waals surface area contributed by atoms with Gasteiger partial charge in [-0.05, 0) is 78.0 Å². The molecule has 3 aromatic rings. The van der Waals surface area contributed by atoms with Gasteiger partial charge in [0.25, 0.3) is 0 Å². The number of benzene rings is 3. The zero-order chi connectivity index (χ0) is 22.6. The second-order valence-corrected chi connectivity index (χ2v) is 8.74. The molecule has 32 heavy (non-hydrogen) atoms. The quantitative estimate of drug-likeness (QED) is 0.424. The van der Waals surface area contributed by atoms with Gasteiger partial charge in [-0.25, -0.2) is 8.78 Å². The third-order valence-corrected chi connectivity index (χ3v) is 6.42. The van der Waals surface area contributed by atoms with Crippen LogP contribution >= 0.6 is 0 Å². The highest BCUT2D eigenvalue weighted by Crippen LogP contribution is 2.35. The van der Waals surface area contributed by atoms with Crippen molar-refractivity contribution in [2.24, 2.45) is 0 Å². The van der Waals surface area contributed by atoms with Gasteiger partial charge in [0.2, 0.25) is 0 Å². The van der Waals surface area contributed by atoms with E-state index in [4.69, 9.17) is 4.74 Å². The van der Waals surface area contributed by atoms with Crippen LogP contribution in [-0.2, 0) is 5.41 Å². The lowest BCUT2D eigenvalue weighted by atomic mass is 9.82. The van der Waals surface area contributed by atoms with E-state index in [1.807, 2.05) is 6.07 Å². The van der Waals surface area contributed by atoms with Gasteiger partial charge in [-0.15, -0.1) is 0 Å². The molecule has 4 rings (SSSR count). The lowest BCUT2D eigenvalue weighted by Crippen LogP contribution is -2.28. The molecular weight excluding hydrogens is 404 g/mol. The van der Waals surface area contributed by atoms with Gasteiger partial charge in [-0.3, -0.25) is 0 Å². The van der Waals surface area contributed by atoms with E-state index in [1.165, 1.54) is 29.8 Å². The molecule has 0 spiro atoms. The smallest absolute Gasteiger partial charge is 0.123 e. The van der Waals surface area contributed by atoms with Crippen molar-refractivity contribution in [2.45, 2.75) is 25.2 Å². The van der Waals surface area contributed by atoms with Crippen LogP contribution in [0.1, 0.15) is 36.5 Å². The Hall–Kier alpha value is -2.98. The van der Waals surface area contributed by atoms with Crippen LogP contribution in [0.3, 0.4) is 0 Å². The minimum absolute atomic E-state index is 0.106. The summed E-state index contributed by atoms with van der Waals surface area (Å²) in [4.78, 5) is 2.49. The molecule has 1 fully saturated rings. The Morgan fingerprint density at radius 1 is 0.969 bits per heavy atom. The summed E-state index contributed by atoms with van der Waals surface area (Å²) in [7, 11) is 1.70. The van der Waals surface area contributed by atoms with E-state index in [9.17, 15) is 8.78 Å². The maximum Gasteiger partial charge on any atom is 0.123 e. The number of nitrogens with zero attached hydrogens (tertiary/aromatic N) is 1. The van der Waals surface area contributed by atoms with Gasteiger partial charge < -0.3 is 9.64 Å². The summed E-state index contributed by atoms with van der Waals surface area (Å²) < 4.78 is 32.3. The summed E-state index contributed by atoms with van der Waals surface area (Å²) in [5.74, 6) is 0.371. The molecule has 1 aliphatic heterocycles. The van der Waals surface area contributed by atoms with Crippen molar-refractivity contribution in [3.8, 4) is 5.75 Å². The van der Waals surface area contributed by atoms with Crippen molar-refractivity contribution in [1.82, 2.24) is 4.90 Å². The van der Waals surface area contributed by atoms with Gasteiger partial charge in [0.1, 0.15) is 17.4 Å². The standard InChI is InChI=1S/C28H29F2NO/c1-28(23-5-3-6-26(19-23)32-2)16-18-31(20-28)17-4-7-27(21-8-12-24(29)13-9-21)22-10-14-25(30)15-11-22/h3,5-15,19H,4,16-18,20H2,1-2H3/t28-/m0/s1. The van der Waals surface area contributed by atoms with Gasteiger partial charge in [0.05, 0.1) is 7.11 Å². The van der Waals surface area contributed by atoms with E-state index in [-0.39, 0.29) is 17.0 Å².